The number of benzene rings is 2. The van der Waals surface area contributed by atoms with Gasteiger partial charge in [-0.25, -0.2) is 4.39 Å². The Hall–Kier alpha value is -3.15. The molecule has 2 atom stereocenters. The number of hydrogen-bond acceptors (Lipinski definition) is 2. The predicted molar refractivity (Wildman–Crippen MR) is 113 cm³/mol. The second-order valence-corrected chi connectivity index (χ2v) is 8.54. The molecule has 5 rings (SSSR count). The van der Waals surface area contributed by atoms with Gasteiger partial charge in [-0.1, -0.05) is 24.3 Å². The van der Waals surface area contributed by atoms with Crippen LogP contribution in [0.25, 0.3) is 10.9 Å². The van der Waals surface area contributed by atoms with Gasteiger partial charge in [-0.15, -0.1) is 0 Å². The van der Waals surface area contributed by atoms with Crippen molar-refractivity contribution < 1.29 is 14.0 Å². The maximum atomic E-state index is 14.1. The first kappa shape index (κ1) is 18.9. The zero-order valence-electron chi connectivity index (χ0n) is 16.9. The van der Waals surface area contributed by atoms with Gasteiger partial charge in [0, 0.05) is 23.9 Å². The van der Waals surface area contributed by atoms with E-state index in [2.05, 4.69) is 10.3 Å². The predicted octanol–water partition coefficient (Wildman–Crippen LogP) is 4.24. The second kappa shape index (κ2) is 6.97. The fourth-order valence-electron chi connectivity index (χ4n) is 5.17. The van der Waals surface area contributed by atoms with E-state index in [1.807, 2.05) is 37.3 Å². The van der Waals surface area contributed by atoms with Crippen molar-refractivity contribution in [3.63, 3.8) is 0 Å². The summed E-state index contributed by atoms with van der Waals surface area (Å²) in [5.74, 6) is -0.476. The maximum absolute atomic E-state index is 14.1. The molecular weight excluding hydrogens is 381 g/mol. The van der Waals surface area contributed by atoms with Gasteiger partial charge in [-0.3, -0.25) is 9.59 Å². The van der Waals surface area contributed by atoms with Gasteiger partial charge >= 0.3 is 0 Å². The van der Waals surface area contributed by atoms with Gasteiger partial charge in [0.15, 0.2) is 0 Å². The number of piperidine rings is 1. The molecule has 1 spiro atoms. The molecule has 2 aliphatic heterocycles. The van der Waals surface area contributed by atoms with Crippen molar-refractivity contribution in [2.75, 3.05) is 6.54 Å². The summed E-state index contributed by atoms with van der Waals surface area (Å²) in [4.78, 5) is 30.9. The van der Waals surface area contributed by atoms with E-state index in [1.165, 1.54) is 12.1 Å². The number of H-pyrrole nitrogens is 1. The Bertz CT molecular complexity index is 1150. The highest BCUT2D eigenvalue weighted by Crippen LogP contribution is 2.45. The Morgan fingerprint density at radius 1 is 1.17 bits per heavy atom. The topological polar surface area (TPSA) is 65.2 Å². The SMILES string of the molecule is Cc1ccc2cc(C(=O)N3CCC[C@]4(CCC(=O)N4)[C@H]3c3cccc(F)c3)[nH]c2c1. The van der Waals surface area contributed by atoms with Gasteiger partial charge in [0.05, 0.1) is 11.6 Å². The third-order valence-corrected chi connectivity index (χ3v) is 6.48. The minimum absolute atomic E-state index is 0.00760. The van der Waals surface area contributed by atoms with E-state index in [4.69, 9.17) is 0 Å². The van der Waals surface area contributed by atoms with Crippen LogP contribution in [0, 0.1) is 12.7 Å². The van der Waals surface area contributed by atoms with Gasteiger partial charge < -0.3 is 15.2 Å². The Balaban J connectivity index is 1.58. The lowest BCUT2D eigenvalue weighted by Gasteiger charge is -2.48. The Labute approximate surface area is 174 Å². The number of rotatable bonds is 2. The zero-order valence-corrected chi connectivity index (χ0v) is 16.9. The van der Waals surface area contributed by atoms with Gasteiger partial charge in [0.2, 0.25) is 5.91 Å². The summed E-state index contributed by atoms with van der Waals surface area (Å²) in [6.07, 6.45) is 2.63. The second-order valence-electron chi connectivity index (χ2n) is 8.54. The van der Waals surface area contributed by atoms with Crippen LogP contribution in [0.5, 0.6) is 0 Å². The van der Waals surface area contributed by atoms with Crippen molar-refractivity contribution >= 4 is 22.7 Å². The lowest BCUT2D eigenvalue weighted by molar-refractivity contribution is -0.120. The summed E-state index contributed by atoms with van der Waals surface area (Å²) in [6, 6.07) is 13.9. The quantitative estimate of drug-likeness (QED) is 0.670. The molecule has 3 aromatic rings. The van der Waals surface area contributed by atoms with Crippen LogP contribution in [0.2, 0.25) is 0 Å². The zero-order chi connectivity index (χ0) is 20.9. The van der Waals surface area contributed by atoms with Gasteiger partial charge in [-0.2, -0.15) is 0 Å². The number of fused-ring (bicyclic) bond motifs is 1. The third-order valence-electron chi connectivity index (χ3n) is 6.48. The summed E-state index contributed by atoms with van der Waals surface area (Å²) in [5.41, 5.74) is 2.71. The highest BCUT2D eigenvalue weighted by atomic mass is 19.1. The van der Waals surface area contributed by atoms with Crippen LogP contribution in [-0.4, -0.2) is 33.8 Å². The number of aromatic nitrogens is 1. The number of halogens is 1. The number of aromatic amines is 1. The molecule has 0 saturated carbocycles. The van der Waals surface area contributed by atoms with Crippen molar-refractivity contribution in [1.29, 1.82) is 0 Å². The number of nitrogens with one attached hydrogen (secondary N) is 2. The molecule has 2 N–H and O–H groups in total. The van der Waals surface area contributed by atoms with Crippen molar-refractivity contribution in [3.05, 3.63) is 71.2 Å². The Kier molecular flexibility index (Phi) is 4.38. The molecule has 3 heterocycles. The van der Waals surface area contributed by atoms with E-state index in [9.17, 15) is 14.0 Å². The molecular formula is C24H24FN3O2. The van der Waals surface area contributed by atoms with Crippen molar-refractivity contribution in [2.24, 2.45) is 0 Å². The van der Waals surface area contributed by atoms with Crippen LogP contribution < -0.4 is 5.32 Å². The number of hydrogen-bond donors (Lipinski definition) is 2. The van der Waals surface area contributed by atoms with Crippen LogP contribution >= 0.6 is 0 Å². The lowest BCUT2D eigenvalue weighted by atomic mass is 9.76. The van der Waals surface area contributed by atoms with Gasteiger partial charge in [0.1, 0.15) is 11.5 Å². The minimum Gasteiger partial charge on any atom is -0.351 e. The van der Waals surface area contributed by atoms with Crippen molar-refractivity contribution in [1.82, 2.24) is 15.2 Å². The van der Waals surface area contributed by atoms with Crippen molar-refractivity contribution in [3.8, 4) is 0 Å². The first-order chi connectivity index (χ1) is 14.4. The number of nitrogens with zero attached hydrogens (tertiary/aromatic N) is 1. The molecule has 1 aromatic heterocycles. The van der Waals surface area contributed by atoms with Gasteiger partial charge in [-0.05, 0) is 61.6 Å². The third kappa shape index (κ3) is 3.07. The largest absolute Gasteiger partial charge is 0.351 e. The fraction of sp³-hybridized carbons (Fsp3) is 0.333. The molecule has 0 unspecified atom stereocenters. The van der Waals surface area contributed by atoms with E-state index < -0.39 is 11.6 Å². The molecule has 5 nitrogen and oxygen atoms in total. The molecule has 2 saturated heterocycles. The minimum atomic E-state index is -0.554. The summed E-state index contributed by atoms with van der Waals surface area (Å²) < 4.78 is 14.1. The molecule has 0 bridgehead atoms. The smallest absolute Gasteiger partial charge is 0.270 e. The fourth-order valence-corrected chi connectivity index (χ4v) is 5.17. The first-order valence-electron chi connectivity index (χ1n) is 10.4. The Morgan fingerprint density at radius 2 is 2.03 bits per heavy atom. The van der Waals surface area contributed by atoms with E-state index >= 15 is 0 Å². The molecule has 2 amide bonds. The summed E-state index contributed by atoms with van der Waals surface area (Å²) in [5, 5.41) is 4.12. The lowest BCUT2D eigenvalue weighted by Crippen LogP contribution is -2.58. The van der Waals surface area contributed by atoms with E-state index in [0.717, 1.165) is 34.9 Å². The van der Waals surface area contributed by atoms with Crippen molar-refractivity contribution in [2.45, 2.75) is 44.2 Å². The molecule has 30 heavy (non-hydrogen) atoms. The highest BCUT2D eigenvalue weighted by molar-refractivity contribution is 5.98. The number of amides is 2. The molecule has 0 aliphatic carbocycles. The van der Waals surface area contributed by atoms with Crippen LogP contribution in [-0.2, 0) is 4.79 Å². The summed E-state index contributed by atoms with van der Waals surface area (Å²) >= 11 is 0. The number of likely N-dealkylation sites (tertiary alicyclic amines) is 1. The molecule has 2 fully saturated rings. The highest BCUT2D eigenvalue weighted by Gasteiger charge is 2.51. The standard InChI is InChI=1S/C24H24FN3O2/c1-15-6-7-16-14-20(26-19(16)12-15)23(30)28-11-3-9-24(10-8-21(29)27-24)22(28)17-4-2-5-18(25)13-17/h2,4-7,12-14,22,26H,3,8-11H2,1H3,(H,27,29)/t22-,24+/m1/s1. The summed E-state index contributed by atoms with van der Waals surface area (Å²) in [7, 11) is 0. The maximum Gasteiger partial charge on any atom is 0.270 e. The average molecular weight is 405 g/mol. The molecule has 2 aromatic carbocycles. The van der Waals surface area contributed by atoms with Crippen LogP contribution in [0.3, 0.4) is 0 Å². The molecule has 6 heteroatoms. The number of carbonyl (C=O) groups excluding carboxylic acids is 2. The summed E-state index contributed by atoms with van der Waals surface area (Å²) in [6.45, 7) is 2.57. The monoisotopic (exact) mass is 405 g/mol. The first-order valence-corrected chi connectivity index (χ1v) is 10.4. The van der Waals surface area contributed by atoms with E-state index in [1.54, 1.807) is 11.0 Å². The molecule has 2 aliphatic rings. The van der Waals surface area contributed by atoms with Crippen LogP contribution in [0.1, 0.15) is 53.3 Å². The average Bonchev–Trinajstić information content (AvgIpc) is 3.30. The number of aryl methyl sites for hydroxylation is 1. The number of carbonyl (C=O) groups is 2. The Morgan fingerprint density at radius 3 is 2.80 bits per heavy atom. The van der Waals surface area contributed by atoms with Crippen LogP contribution in [0.4, 0.5) is 4.39 Å². The van der Waals surface area contributed by atoms with E-state index in [-0.39, 0.29) is 17.6 Å². The normalized spacial score (nSPS) is 23.9. The van der Waals surface area contributed by atoms with Crippen LogP contribution in [0.15, 0.2) is 48.5 Å². The molecule has 0 radical (unpaired) electrons. The molecule has 154 valence electrons. The van der Waals surface area contributed by atoms with E-state index in [0.29, 0.717) is 25.1 Å². The van der Waals surface area contributed by atoms with Gasteiger partial charge in [0.25, 0.3) is 5.91 Å².